The van der Waals surface area contributed by atoms with Gasteiger partial charge in [0, 0.05) is 23.7 Å². The molecule has 0 aromatic carbocycles. The van der Waals surface area contributed by atoms with Crippen molar-refractivity contribution < 1.29 is 39.2 Å². The summed E-state index contributed by atoms with van der Waals surface area (Å²) in [5.74, 6) is 11.1. The number of rotatable bonds is 4. The van der Waals surface area contributed by atoms with Gasteiger partial charge in [-0.25, -0.2) is 0 Å². The first-order valence-electron chi connectivity index (χ1n) is 10.2. The number of hydrogen-bond acceptors (Lipinski definition) is 4. The molecule has 0 N–H and O–H groups in total. The van der Waals surface area contributed by atoms with Gasteiger partial charge >= 0.3 is 18.9 Å². The van der Waals surface area contributed by atoms with Crippen LogP contribution in [-0.2, 0) is 18.9 Å². The van der Waals surface area contributed by atoms with Crippen LogP contribution in [0.15, 0.2) is 0 Å². The predicted molar refractivity (Wildman–Crippen MR) is 125 cm³/mol. The topological polar surface area (TPSA) is 36.9 Å². The summed E-state index contributed by atoms with van der Waals surface area (Å²) in [7, 11) is 0. The van der Waals surface area contributed by atoms with Crippen LogP contribution >= 0.6 is 22.6 Å². The Balaban J connectivity index is -0.000000385. The van der Waals surface area contributed by atoms with E-state index in [2.05, 4.69) is 53.2 Å². The van der Waals surface area contributed by atoms with E-state index in [1.165, 1.54) is 0 Å². The van der Waals surface area contributed by atoms with Crippen LogP contribution in [0.1, 0.15) is 82.0 Å². The smallest absolute Gasteiger partial charge is 1.00 e. The van der Waals surface area contributed by atoms with Crippen LogP contribution < -0.4 is 18.9 Å². The standard InChI is InChI=1S/C11H18O2.C7H13IO2.C5H8.Li.H/c1-4-5-6-7-8-10-9-12-11(2,3)13-10;1-7(2)9-5-6(10-7)3-4-8;1-3-5-4-2;;/h10H,4,7-9H2,1-3H3;6H,3-5H2,1-2H3;3H2,1-2H3;;/q;;;+1;-1/t10-;6-;;;/m11.../s1. The van der Waals surface area contributed by atoms with Gasteiger partial charge in [-0.15, -0.1) is 23.7 Å². The predicted octanol–water partition coefficient (Wildman–Crippen LogP) is 2.83. The molecule has 0 aliphatic carbocycles. The Kier molecular flexibility index (Phi) is 19.4. The zero-order chi connectivity index (χ0) is 21.5. The van der Waals surface area contributed by atoms with Gasteiger partial charge in [0.05, 0.1) is 25.4 Å². The molecule has 2 aliphatic rings. The van der Waals surface area contributed by atoms with Crippen molar-refractivity contribution in [2.45, 2.75) is 104 Å². The molecule has 4 nitrogen and oxygen atoms in total. The summed E-state index contributed by atoms with van der Waals surface area (Å²) < 4.78 is 23.2. The Hall–Kier alpha value is 0.287. The molecule has 2 aliphatic heterocycles. The molecule has 0 spiro atoms. The monoisotopic (exact) mass is 514 g/mol. The average Bonchev–Trinajstić information content (AvgIpc) is 3.15. The van der Waals surface area contributed by atoms with Crippen LogP contribution in [0.2, 0.25) is 0 Å². The van der Waals surface area contributed by atoms with E-state index in [-0.39, 0.29) is 38.0 Å². The van der Waals surface area contributed by atoms with E-state index in [0.717, 1.165) is 43.1 Å². The first kappa shape index (κ1) is 31.5. The molecule has 6 heteroatoms. The minimum Gasteiger partial charge on any atom is -1.00 e. The molecule has 2 saturated heterocycles. The Bertz CT molecular complexity index is 535. The van der Waals surface area contributed by atoms with Crippen LogP contribution in [0.3, 0.4) is 0 Å². The van der Waals surface area contributed by atoms with Gasteiger partial charge < -0.3 is 20.4 Å². The van der Waals surface area contributed by atoms with Gasteiger partial charge in [0.25, 0.3) is 0 Å². The van der Waals surface area contributed by atoms with Crippen molar-refractivity contribution in [3.05, 3.63) is 0 Å². The quantitative estimate of drug-likeness (QED) is 0.250. The number of ether oxygens (including phenoxy) is 4. The van der Waals surface area contributed by atoms with Gasteiger partial charge in [-0.3, -0.25) is 0 Å². The zero-order valence-corrected chi connectivity index (χ0v) is 22.0. The summed E-state index contributed by atoms with van der Waals surface area (Å²) in [4.78, 5) is 0. The molecule has 0 saturated carbocycles. The van der Waals surface area contributed by atoms with Gasteiger partial charge in [0.1, 0.15) is 0 Å². The molecule has 2 rings (SSSR count). The van der Waals surface area contributed by atoms with E-state index in [9.17, 15) is 0 Å². The normalized spacial score (nSPS) is 22.9. The Morgan fingerprint density at radius 2 is 1.34 bits per heavy atom. The summed E-state index contributed by atoms with van der Waals surface area (Å²) in [6, 6.07) is 0. The first-order valence-corrected chi connectivity index (χ1v) is 11.8. The van der Waals surface area contributed by atoms with Crippen LogP contribution in [0.25, 0.3) is 0 Å². The molecule has 164 valence electrons. The van der Waals surface area contributed by atoms with Crippen LogP contribution in [0, 0.1) is 23.7 Å². The molecule has 0 radical (unpaired) electrons. The third-order valence-corrected chi connectivity index (χ3v) is 4.44. The minimum atomic E-state index is -0.386. The molecule has 0 aromatic rings. The fourth-order valence-corrected chi connectivity index (χ4v) is 3.25. The number of alkyl halides is 1. The van der Waals surface area contributed by atoms with E-state index in [4.69, 9.17) is 18.9 Å². The van der Waals surface area contributed by atoms with Crippen molar-refractivity contribution in [3.63, 3.8) is 0 Å². The SMILES string of the molecule is CC#CCC.CC1(C)OC[C@@H](CCI)O1.CCC#CCC[C@@H]1COC(C)(C)O1.[H-].[Li+]. The summed E-state index contributed by atoms with van der Waals surface area (Å²) in [5, 5.41) is 0. The van der Waals surface area contributed by atoms with E-state index in [1.807, 2.05) is 41.5 Å². The van der Waals surface area contributed by atoms with Gasteiger partial charge in [0.2, 0.25) is 0 Å². The zero-order valence-electron chi connectivity index (χ0n) is 20.8. The largest absolute Gasteiger partial charge is 1.00 e. The molecule has 2 atom stereocenters. The summed E-state index contributed by atoms with van der Waals surface area (Å²) in [6.07, 6.45) is 5.48. The van der Waals surface area contributed by atoms with Crippen molar-refractivity contribution in [3.8, 4) is 23.7 Å². The van der Waals surface area contributed by atoms with E-state index in [0.29, 0.717) is 12.7 Å². The number of hydrogen-bond donors (Lipinski definition) is 0. The maximum atomic E-state index is 5.64. The Morgan fingerprint density at radius 1 is 0.862 bits per heavy atom. The van der Waals surface area contributed by atoms with E-state index < -0.39 is 0 Å². The molecular weight excluding hydrogens is 474 g/mol. The van der Waals surface area contributed by atoms with Crippen LogP contribution in [0.4, 0.5) is 0 Å². The second-order valence-corrected chi connectivity index (χ2v) is 8.48. The molecule has 2 heterocycles. The van der Waals surface area contributed by atoms with Crippen molar-refractivity contribution in [2.24, 2.45) is 0 Å². The molecule has 0 bridgehead atoms. The van der Waals surface area contributed by atoms with Crippen molar-refractivity contribution >= 4 is 22.6 Å². The molecular formula is C23H40ILiO4. The van der Waals surface area contributed by atoms with E-state index >= 15 is 0 Å². The van der Waals surface area contributed by atoms with Crippen molar-refractivity contribution in [1.82, 2.24) is 0 Å². The summed E-state index contributed by atoms with van der Waals surface area (Å²) in [5.41, 5.74) is 0. The Labute approximate surface area is 206 Å². The second-order valence-electron chi connectivity index (χ2n) is 7.41. The van der Waals surface area contributed by atoms with Crippen molar-refractivity contribution in [2.75, 3.05) is 17.6 Å². The molecule has 0 aromatic heterocycles. The van der Waals surface area contributed by atoms with Gasteiger partial charge in [0.15, 0.2) is 11.6 Å². The van der Waals surface area contributed by atoms with Gasteiger partial charge in [-0.05, 0) is 47.5 Å². The average molecular weight is 514 g/mol. The van der Waals surface area contributed by atoms with Crippen LogP contribution in [0.5, 0.6) is 0 Å². The van der Waals surface area contributed by atoms with Crippen LogP contribution in [-0.4, -0.2) is 41.4 Å². The maximum Gasteiger partial charge on any atom is 1.00 e. The fraction of sp³-hybridized carbons (Fsp3) is 0.826. The Morgan fingerprint density at radius 3 is 1.66 bits per heavy atom. The first-order chi connectivity index (χ1) is 13.2. The minimum absolute atomic E-state index is 0. The molecule has 0 amide bonds. The van der Waals surface area contributed by atoms with Gasteiger partial charge in [-0.1, -0.05) is 36.4 Å². The van der Waals surface area contributed by atoms with Crippen molar-refractivity contribution in [1.29, 1.82) is 0 Å². The number of halogens is 1. The summed E-state index contributed by atoms with van der Waals surface area (Å²) in [6.45, 7) is 15.2. The van der Waals surface area contributed by atoms with Gasteiger partial charge in [-0.2, -0.15) is 0 Å². The van der Waals surface area contributed by atoms with E-state index in [1.54, 1.807) is 0 Å². The molecule has 2 fully saturated rings. The third-order valence-electron chi connectivity index (χ3n) is 3.81. The fourth-order valence-electron chi connectivity index (χ4n) is 2.56. The molecule has 29 heavy (non-hydrogen) atoms. The molecule has 0 unspecified atom stereocenters. The third kappa shape index (κ3) is 17.6. The maximum absolute atomic E-state index is 5.64. The summed E-state index contributed by atoms with van der Waals surface area (Å²) >= 11 is 2.35. The second kappa shape index (κ2) is 17.9.